The number of thiophene rings is 1. The largest absolute Gasteiger partial charge is 0.478 e. The van der Waals surface area contributed by atoms with Crippen LogP contribution in [-0.4, -0.2) is 64.0 Å². The maximum absolute atomic E-state index is 13.7. The molecule has 1 unspecified atom stereocenters. The van der Waals surface area contributed by atoms with Crippen molar-refractivity contribution in [1.29, 1.82) is 0 Å². The lowest BCUT2D eigenvalue weighted by molar-refractivity contribution is -0.143. The number of hydrogen-bond donors (Lipinski definition) is 3. The monoisotopic (exact) mass is 715 g/mol. The minimum Gasteiger partial charge on any atom is -0.478 e. The minimum absolute atomic E-state index is 0.00997. The maximum atomic E-state index is 13.7. The number of alkyl halides is 6. The van der Waals surface area contributed by atoms with Crippen molar-refractivity contribution in [2.24, 2.45) is 0 Å². The van der Waals surface area contributed by atoms with Gasteiger partial charge in [0.1, 0.15) is 10.4 Å². The van der Waals surface area contributed by atoms with E-state index >= 15 is 0 Å². The molecule has 2 saturated heterocycles. The molecule has 2 aliphatic heterocycles. The van der Waals surface area contributed by atoms with Gasteiger partial charge in [-0.2, -0.15) is 26.3 Å². The lowest BCUT2D eigenvalue weighted by Crippen LogP contribution is -2.52. The van der Waals surface area contributed by atoms with Crippen LogP contribution in [-0.2, 0) is 26.7 Å². The van der Waals surface area contributed by atoms with Gasteiger partial charge in [-0.15, -0.1) is 11.3 Å². The quantitative estimate of drug-likeness (QED) is 0.134. The second kappa shape index (κ2) is 13.8. The molecule has 8 nitrogen and oxygen atoms in total. The number of carboxylic acids is 1. The number of morpholine rings is 1. The summed E-state index contributed by atoms with van der Waals surface area (Å²) in [7, 11) is 0. The summed E-state index contributed by atoms with van der Waals surface area (Å²) < 4.78 is 85.9. The van der Waals surface area contributed by atoms with Crippen molar-refractivity contribution in [3.8, 4) is 11.1 Å². The number of thioether (sulfide) groups is 1. The highest BCUT2D eigenvalue weighted by molar-refractivity contribution is 8.26. The zero-order valence-electron chi connectivity index (χ0n) is 23.8. The van der Waals surface area contributed by atoms with Gasteiger partial charge >= 0.3 is 18.3 Å². The third-order valence-corrected chi connectivity index (χ3v) is 9.37. The standard InChI is InChI=1S/C30H23F6N3O5S3/c31-29(32,33)18-7-16(8-19(10-18)30(34,35)36)17-9-22(46-14-17)12-24-26(41)39(28(45)47-24)23(11-21-13-44-6-5-37-21)25(40)38-20-3-1-15(2-4-20)27(42)43/h1-4,7-10,12,14,21,23,37H,5-6,11,13H2,(H,38,40)(H,42,43)/t21?,23-/m0/s1. The van der Waals surface area contributed by atoms with E-state index < -0.39 is 47.3 Å². The molecule has 2 fully saturated rings. The summed E-state index contributed by atoms with van der Waals surface area (Å²) in [5.74, 6) is -2.36. The van der Waals surface area contributed by atoms with Crippen molar-refractivity contribution in [2.45, 2.75) is 30.9 Å². The molecule has 0 bridgehead atoms. The summed E-state index contributed by atoms with van der Waals surface area (Å²) in [4.78, 5) is 40.0. The fourth-order valence-electron chi connectivity index (χ4n) is 4.87. The molecule has 17 heteroatoms. The third kappa shape index (κ3) is 8.21. The lowest BCUT2D eigenvalue weighted by atomic mass is 10.0. The smallest absolute Gasteiger partial charge is 0.416 e. The minimum atomic E-state index is -5.01. The third-order valence-electron chi connectivity index (χ3n) is 7.16. The van der Waals surface area contributed by atoms with Gasteiger partial charge in [0.25, 0.3) is 5.91 Å². The zero-order chi connectivity index (χ0) is 34.1. The molecule has 0 aliphatic carbocycles. The zero-order valence-corrected chi connectivity index (χ0v) is 26.2. The number of benzene rings is 2. The highest BCUT2D eigenvalue weighted by Crippen LogP contribution is 2.41. The molecule has 3 aromatic rings. The molecule has 248 valence electrons. The first-order chi connectivity index (χ1) is 22.1. The van der Waals surface area contributed by atoms with E-state index in [2.05, 4.69) is 10.6 Å². The lowest BCUT2D eigenvalue weighted by Gasteiger charge is -2.31. The predicted octanol–water partition coefficient (Wildman–Crippen LogP) is 6.74. The average Bonchev–Trinajstić information content (AvgIpc) is 3.59. The first-order valence-electron chi connectivity index (χ1n) is 13.7. The number of thiocarbonyl (C=S) groups is 1. The topological polar surface area (TPSA) is 108 Å². The molecule has 1 aromatic heterocycles. The highest BCUT2D eigenvalue weighted by Gasteiger charge is 2.42. The predicted molar refractivity (Wildman–Crippen MR) is 168 cm³/mol. The molecular weight excluding hydrogens is 693 g/mol. The van der Waals surface area contributed by atoms with Gasteiger partial charge < -0.3 is 20.5 Å². The van der Waals surface area contributed by atoms with Crippen molar-refractivity contribution >= 4 is 69.2 Å². The summed E-state index contributed by atoms with van der Waals surface area (Å²) in [6.45, 7) is 1.25. The van der Waals surface area contributed by atoms with E-state index in [0.29, 0.717) is 30.2 Å². The van der Waals surface area contributed by atoms with Crippen LogP contribution in [0.2, 0.25) is 0 Å². The number of nitrogens with one attached hydrogen (secondary N) is 2. The van der Waals surface area contributed by atoms with Gasteiger partial charge in [0.15, 0.2) is 0 Å². The molecule has 3 heterocycles. The first kappa shape index (κ1) is 34.6. The van der Waals surface area contributed by atoms with Crippen molar-refractivity contribution in [2.75, 3.05) is 25.1 Å². The molecule has 5 rings (SSSR count). The van der Waals surface area contributed by atoms with Crippen LogP contribution in [0.15, 0.2) is 58.8 Å². The number of rotatable bonds is 8. The summed E-state index contributed by atoms with van der Waals surface area (Å²) in [5, 5.41) is 16.4. The average molecular weight is 716 g/mol. The van der Waals surface area contributed by atoms with Crippen molar-refractivity contribution in [3.63, 3.8) is 0 Å². The van der Waals surface area contributed by atoms with Crippen LogP contribution >= 0.6 is 35.3 Å². The van der Waals surface area contributed by atoms with Gasteiger partial charge in [0.2, 0.25) is 5.91 Å². The molecule has 2 amide bonds. The van der Waals surface area contributed by atoms with E-state index in [1.165, 1.54) is 41.8 Å². The number of aromatic carboxylic acids is 1. The van der Waals surface area contributed by atoms with Crippen LogP contribution in [0.5, 0.6) is 0 Å². The molecule has 2 atom stereocenters. The molecular formula is C30H23F6N3O5S3. The summed E-state index contributed by atoms with van der Waals surface area (Å²) in [5.41, 5.74) is -2.82. The Kier molecular flexibility index (Phi) is 10.1. The maximum Gasteiger partial charge on any atom is 0.416 e. The second-order valence-electron chi connectivity index (χ2n) is 10.4. The Morgan fingerprint density at radius 2 is 1.72 bits per heavy atom. The van der Waals surface area contributed by atoms with Crippen molar-refractivity contribution < 1.29 is 50.6 Å². The van der Waals surface area contributed by atoms with Gasteiger partial charge in [-0.1, -0.05) is 24.0 Å². The Bertz CT molecular complexity index is 1700. The molecule has 2 aliphatic rings. The Hall–Kier alpha value is -3.77. The fraction of sp³-hybridized carbons (Fsp3) is 0.267. The van der Waals surface area contributed by atoms with E-state index in [9.17, 15) is 40.7 Å². The van der Waals surface area contributed by atoms with E-state index in [-0.39, 0.29) is 56.7 Å². The van der Waals surface area contributed by atoms with Gasteiger partial charge in [-0.05, 0) is 77.5 Å². The van der Waals surface area contributed by atoms with Crippen LogP contribution in [0, 0.1) is 0 Å². The van der Waals surface area contributed by atoms with E-state index in [4.69, 9.17) is 22.1 Å². The number of hydrogen-bond acceptors (Lipinski definition) is 8. The molecule has 0 spiro atoms. The number of halogens is 6. The van der Waals surface area contributed by atoms with Crippen LogP contribution < -0.4 is 10.6 Å². The molecule has 0 saturated carbocycles. The number of ether oxygens (including phenoxy) is 1. The SMILES string of the molecule is O=C(O)c1ccc(NC(=O)[C@H](CC2COCCN2)N2C(=O)C(=Cc3cc(-c4cc(C(F)(F)F)cc(C(F)(F)F)c4)cs3)SC2=S)cc1. The van der Waals surface area contributed by atoms with Crippen LogP contribution in [0.1, 0.15) is 32.8 Å². The number of amides is 2. The first-order valence-corrected chi connectivity index (χ1v) is 15.8. The van der Waals surface area contributed by atoms with E-state index in [1.54, 1.807) is 0 Å². The number of carbonyl (C=O) groups excluding carboxylic acids is 2. The molecule has 2 aromatic carbocycles. The van der Waals surface area contributed by atoms with Gasteiger partial charge in [-0.25, -0.2) is 4.79 Å². The highest BCUT2D eigenvalue weighted by atomic mass is 32.2. The number of carbonyl (C=O) groups is 3. The Morgan fingerprint density at radius 3 is 2.30 bits per heavy atom. The summed E-state index contributed by atoms with van der Waals surface area (Å²) >= 11 is 7.38. The van der Waals surface area contributed by atoms with Gasteiger partial charge in [0.05, 0.1) is 34.8 Å². The Labute approximate surface area is 276 Å². The molecule has 3 N–H and O–H groups in total. The van der Waals surface area contributed by atoms with Gasteiger partial charge in [0, 0.05) is 23.2 Å². The van der Waals surface area contributed by atoms with E-state index in [0.717, 1.165) is 28.0 Å². The van der Waals surface area contributed by atoms with Crippen LogP contribution in [0.4, 0.5) is 32.0 Å². The number of carboxylic acid groups (broad SMARTS) is 1. The number of anilines is 1. The normalized spacial score (nSPS) is 18.9. The second-order valence-corrected chi connectivity index (χ2v) is 13.1. The van der Waals surface area contributed by atoms with E-state index in [1.807, 2.05) is 0 Å². The fourth-order valence-corrected chi connectivity index (χ4v) is 7.14. The van der Waals surface area contributed by atoms with Crippen LogP contribution in [0.25, 0.3) is 17.2 Å². The van der Waals surface area contributed by atoms with Crippen molar-refractivity contribution in [1.82, 2.24) is 10.2 Å². The summed E-state index contributed by atoms with van der Waals surface area (Å²) in [6.07, 6.45) is -8.49. The molecule has 0 radical (unpaired) electrons. The van der Waals surface area contributed by atoms with Crippen molar-refractivity contribution in [3.05, 3.63) is 80.4 Å². The Morgan fingerprint density at radius 1 is 1.06 bits per heavy atom. The number of nitrogens with zero attached hydrogens (tertiary/aromatic N) is 1. The van der Waals surface area contributed by atoms with Crippen LogP contribution in [0.3, 0.4) is 0 Å². The van der Waals surface area contributed by atoms with Gasteiger partial charge in [-0.3, -0.25) is 14.5 Å². The molecule has 47 heavy (non-hydrogen) atoms. The summed E-state index contributed by atoms with van der Waals surface area (Å²) in [6, 6.07) is 6.67. The Balaban J connectivity index is 1.41.